The fourth-order valence-electron chi connectivity index (χ4n) is 0.979. The van der Waals surface area contributed by atoms with Gasteiger partial charge < -0.3 is 10.3 Å². The van der Waals surface area contributed by atoms with Crippen molar-refractivity contribution in [2.45, 2.75) is 45.6 Å². The number of hydrogen-bond donors (Lipinski definition) is 2. The summed E-state index contributed by atoms with van der Waals surface area (Å²) >= 11 is 0. The Bertz CT molecular complexity index is 123. The van der Waals surface area contributed by atoms with Crippen LogP contribution in [0.1, 0.15) is 39.5 Å². The van der Waals surface area contributed by atoms with E-state index >= 15 is 0 Å². The number of aliphatic hydroxyl groups excluding tert-OH is 1. The van der Waals surface area contributed by atoms with Gasteiger partial charge in [0.2, 0.25) is 0 Å². The summed E-state index contributed by atoms with van der Waals surface area (Å²) in [6, 6.07) is 0. The Balaban J connectivity index is 3.82. The van der Waals surface area contributed by atoms with Crippen LogP contribution in [0.5, 0.6) is 0 Å². The Kier molecular flexibility index (Phi) is 5.84. The van der Waals surface area contributed by atoms with Gasteiger partial charge in [-0.05, 0) is 12.8 Å². The van der Waals surface area contributed by atoms with Gasteiger partial charge in [-0.25, -0.2) is 0 Å². The Hall–Kier alpha value is -0.570. The minimum Gasteiger partial charge on any atom is -0.411 e. The summed E-state index contributed by atoms with van der Waals surface area (Å²) in [7, 11) is 0. The summed E-state index contributed by atoms with van der Waals surface area (Å²) in [4.78, 5) is 0. The van der Waals surface area contributed by atoms with Gasteiger partial charge in [-0.2, -0.15) is 0 Å². The minimum absolute atomic E-state index is 0.509. The van der Waals surface area contributed by atoms with Crippen molar-refractivity contribution in [3.8, 4) is 0 Å². The van der Waals surface area contributed by atoms with Crippen LogP contribution in [-0.2, 0) is 0 Å². The molecule has 0 aromatic rings. The molecule has 0 rings (SSSR count). The fourth-order valence-corrected chi connectivity index (χ4v) is 0.979. The molecule has 0 radical (unpaired) electrons. The van der Waals surface area contributed by atoms with Gasteiger partial charge in [0.05, 0.1) is 11.8 Å². The summed E-state index contributed by atoms with van der Waals surface area (Å²) in [5, 5.41) is 20.9. The maximum absolute atomic E-state index is 9.35. The third-order valence-electron chi connectivity index (χ3n) is 1.58. The van der Waals surface area contributed by atoms with Crippen molar-refractivity contribution in [3.63, 3.8) is 0 Å². The van der Waals surface area contributed by atoms with E-state index in [9.17, 15) is 5.11 Å². The van der Waals surface area contributed by atoms with Crippen molar-refractivity contribution in [1.82, 2.24) is 0 Å². The molecule has 0 spiro atoms. The highest BCUT2D eigenvalue weighted by atomic mass is 16.4. The van der Waals surface area contributed by atoms with Crippen molar-refractivity contribution < 1.29 is 10.3 Å². The molecule has 0 saturated carbocycles. The highest BCUT2D eigenvalue weighted by Crippen LogP contribution is 2.03. The van der Waals surface area contributed by atoms with E-state index in [1.807, 2.05) is 13.8 Å². The number of aliphatic hydroxyl groups is 1. The van der Waals surface area contributed by atoms with Crippen LogP contribution >= 0.6 is 0 Å². The lowest BCUT2D eigenvalue weighted by Gasteiger charge is -2.09. The molecule has 0 amide bonds. The summed E-state index contributed by atoms with van der Waals surface area (Å²) in [6.45, 7) is 3.98. The highest BCUT2D eigenvalue weighted by Gasteiger charge is 2.10. The first kappa shape index (κ1) is 10.4. The first-order chi connectivity index (χ1) is 5.26. The average molecular weight is 159 g/mol. The molecule has 0 saturated heterocycles. The van der Waals surface area contributed by atoms with E-state index in [2.05, 4.69) is 5.16 Å². The lowest BCUT2D eigenvalue weighted by Crippen LogP contribution is -2.19. The van der Waals surface area contributed by atoms with Gasteiger partial charge in [0.1, 0.15) is 0 Å². The van der Waals surface area contributed by atoms with E-state index in [0.29, 0.717) is 18.6 Å². The largest absolute Gasteiger partial charge is 0.411 e. The van der Waals surface area contributed by atoms with Crippen molar-refractivity contribution in [2.24, 2.45) is 5.16 Å². The predicted octanol–water partition coefficient (Wildman–Crippen LogP) is 1.78. The van der Waals surface area contributed by atoms with Crippen LogP contribution in [-0.4, -0.2) is 22.1 Å². The van der Waals surface area contributed by atoms with E-state index in [0.717, 1.165) is 12.8 Å². The molecule has 0 fully saturated rings. The van der Waals surface area contributed by atoms with E-state index in [1.54, 1.807) is 0 Å². The molecule has 2 N–H and O–H groups in total. The zero-order chi connectivity index (χ0) is 8.69. The number of hydrogen-bond acceptors (Lipinski definition) is 3. The van der Waals surface area contributed by atoms with Gasteiger partial charge in [0.25, 0.3) is 0 Å². The fraction of sp³-hybridized carbons (Fsp3) is 0.875. The number of nitrogens with zero attached hydrogens (tertiary/aromatic N) is 1. The quantitative estimate of drug-likeness (QED) is 0.365. The summed E-state index contributed by atoms with van der Waals surface area (Å²) in [5.74, 6) is 0. The SMILES string of the molecule is CCCC(=NO)C(O)CCC. The third-order valence-corrected chi connectivity index (χ3v) is 1.58. The van der Waals surface area contributed by atoms with E-state index in [1.165, 1.54) is 0 Å². The maximum atomic E-state index is 9.35. The van der Waals surface area contributed by atoms with Gasteiger partial charge >= 0.3 is 0 Å². The molecular weight excluding hydrogens is 142 g/mol. The lowest BCUT2D eigenvalue weighted by molar-refractivity contribution is 0.216. The van der Waals surface area contributed by atoms with Crippen LogP contribution in [0.15, 0.2) is 5.16 Å². The second kappa shape index (κ2) is 6.16. The molecule has 3 heteroatoms. The zero-order valence-corrected chi connectivity index (χ0v) is 7.25. The van der Waals surface area contributed by atoms with E-state index < -0.39 is 6.10 Å². The standard InChI is InChI=1S/C8H17NO2/c1-3-5-7(9-11)8(10)6-4-2/h8,10-11H,3-6H2,1-2H3. The van der Waals surface area contributed by atoms with Crippen LogP contribution in [0.3, 0.4) is 0 Å². The molecule has 0 heterocycles. The maximum Gasteiger partial charge on any atom is 0.0954 e. The summed E-state index contributed by atoms with van der Waals surface area (Å²) in [6.07, 6.45) is 2.62. The molecule has 11 heavy (non-hydrogen) atoms. The summed E-state index contributed by atoms with van der Waals surface area (Å²) in [5.41, 5.74) is 0.509. The molecule has 3 nitrogen and oxygen atoms in total. The van der Waals surface area contributed by atoms with Gasteiger partial charge in [0.15, 0.2) is 0 Å². The Labute approximate surface area is 67.7 Å². The number of oxime groups is 1. The van der Waals surface area contributed by atoms with Gasteiger partial charge in [0, 0.05) is 0 Å². The molecular formula is C8H17NO2. The predicted molar refractivity (Wildman–Crippen MR) is 45.0 cm³/mol. The molecule has 1 atom stereocenters. The van der Waals surface area contributed by atoms with Crippen molar-refractivity contribution >= 4 is 5.71 Å². The molecule has 0 bridgehead atoms. The average Bonchev–Trinajstić information content (AvgIpc) is 2.00. The minimum atomic E-state index is -0.551. The second-order valence-electron chi connectivity index (χ2n) is 2.65. The third kappa shape index (κ3) is 3.98. The van der Waals surface area contributed by atoms with Crippen LogP contribution in [0.25, 0.3) is 0 Å². The smallest absolute Gasteiger partial charge is 0.0954 e. The molecule has 66 valence electrons. The monoisotopic (exact) mass is 159 g/mol. The van der Waals surface area contributed by atoms with Crippen LogP contribution < -0.4 is 0 Å². The van der Waals surface area contributed by atoms with Gasteiger partial charge in [-0.15, -0.1) is 0 Å². The van der Waals surface area contributed by atoms with Crippen LogP contribution in [0, 0.1) is 0 Å². The van der Waals surface area contributed by atoms with Crippen molar-refractivity contribution in [1.29, 1.82) is 0 Å². The van der Waals surface area contributed by atoms with Crippen LogP contribution in [0.4, 0.5) is 0 Å². The van der Waals surface area contributed by atoms with Gasteiger partial charge in [-0.1, -0.05) is 31.8 Å². The van der Waals surface area contributed by atoms with Crippen molar-refractivity contribution in [2.75, 3.05) is 0 Å². The zero-order valence-electron chi connectivity index (χ0n) is 7.25. The van der Waals surface area contributed by atoms with E-state index in [-0.39, 0.29) is 0 Å². The topological polar surface area (TPSA) is 52.8 Å². The second-order valence-corrected chi connectivity index (χ2v) is 2.65. The molecule has 0 aliphatic rings. The number of rotatable bonds is 5. The van der Waals surface area contributed by atoms with Gasteiger partial charge in [-0.3, -0.25) is 0 Å². The first-order valence-corrected chi connectivity index (χ1v) is 4.15. The molecule has 0 aliphatic carbocycles. The molecule has 0 aliphatic heterocycles. The Morgan fingerprint density at radius 2 is 2.00 bits per heavy atom. The summed E-state index contributed by atoms with van der Waals surface area (Å²) < 4.78 is 0. The Morgan fingerprint density at radius 3 is 2.36 bits per heavy atom. The highest BCUT2D eigenvalue weighted by molar-refractivity contribution is 5.87. The molecule has 0 aromatic heterocycles. The van der Waals surface area contributed by atoms with E-state index in [4.69, 9.17) is 5.21 Å². The normalized spacial score (nSPS) is 15.0. The Morgan fingerprint density at radius 1 is 1.36 bits per heavy atom. The van der Waals surface area contributed by atoms with Crippen LogP contribution in [0.2, 0.25) is 0 Å². The van der Waals surface area contributed by atoms with Crippen molar-refractivity contribution in [3.05, 3.63) is 0 Å². The lowest BCUT2D eigenvalue weighted by atomic mass is 10.1. The first-order valence-electron chi connectivity index (χ1n) is 4.15. The molecule has 1 unspecified atom stereocenters. The molecule has 0 aromatic carbocycles.